The lowest BCUT2D eigenvalue weighted by Crippen LogP contribution is -2.15. The minimum Gasteiger partial charge on any atom is -0.463 e. The smallest absolute Gasteiger partial charge is 0.379 e. The topological polar surface area (TPSA) is 65.4 Å². The number of rotatable bonds is 7. The van der Waals surface area contributed by atoms with Crippen LogP contribution < -0.4 is 0 Å². The van der Waals surface area contributed by atoms with Gasteiger partial charge in [-0.05, 0) is 55.7 Å². The summed E-state index contributed by atoms with van der Waals surface area (Å²) >= 11 is 0. The lowest BCUT2D eigenvalue weighted by molar-refractivity contribution is -0.135. The zero-order valence-corrected chi connectivity index (χ0v) is 18.3. The molecule has 5 nitrogen and oxygen atoms in total. The molecule has 2 aromatic carbocycles. The molecule has 1 aliphatic carbocycles. The van der Waals surface area contributed by atoms with Gasteiger partial charge in [0.15, 0.2) is 5.78 Å². The standard InChI is InChI=1S/C26H29NO4/c1-3-27-22-12-10-18(24(28)14-9-17-7-5-4-6-8-17)15-20(22)21-16-19(11-13-23(21)27)25(29)26(30)31-2/h10-13,15-17H,3-9,14H2,1-2H3. The van der Waals surface area contributed by atoms with E-state index in [4.69, 9.17) is 0 Å². The quantitative estimate of drug-likeness (QED) is 0.279. The van der Waals surface area contributed by atoms with E-state index < -0.39 is 11.8 Å². The number of aryl methyl sites for hydroxylation is 1. The van der Waals surface area contributed by atoms with Gasteiger partial charge in [-0.15, -0.1) is 0 Å². The highest BCUT2D eigenvalue weighted by Crippen LogP contribution is 2.32. The van der Waals surface area contributed by atoms with Crippen molar-refractivity contribution >= 4 is 39.3 Å². The van der Waals surface area contributed by atoms with E-state index in [2.05, 4.69) is 16.2 Å². The SMILES string of the molecule is CCn1c2ccc(C(=O)CCC3CCCCC3)cc2c2cc(C(=O)C(=O)OC)ccc21. The van der Waals surface area contributed by atoms with Gasteiger partial charge in [0.2, 0.25) is 0 Å². The second kappa shape index (κ2) is 9.04. The lowest BCUT2D eigenvalue weighted by Gasteiger charge is -2.20. The summed E-state index contributed by atoms with van der Waals surface area (Å²) in [5, 5.41) is 1.80. The second-order valence-corrected chi connectivity index (χ2v) is 8.49. The second-order valence-electron chi connectivity index (χ2n) is 8.49. The predicted molar refractivity (Wildman–Crippen MR) is 122 cm³/mol. The fraction of sp³-hybridized carbons (Fsp3) is 0.423. The van der Waals surface area contributed by atoms with E-state index in [1.54, 1.807) is 12.1 Å². The number of hydrogen-bond acceptors (Lipinski definition) is 4. The molecular weight excluding hydrogens is 390 g/mol. The lowest BCUT2D eigenvalue weighted by atomic mass is 9.85. The molecule has 0 saturated heterocycles. The minimum atomic E-state index is -0.878. The van der Waals surface area contributed by atoms with E-state index >= 15 is 0 Å². The van der Waals surface area contributed by atoms with Crippen molar-refractivity contribution < 1.29 is 19.1 Å². The van der Waals surface area contributed by atoms with Crippen LogP contribution in [0.3, 0.4) is 0 Å². The van der Waals surface area contributed by atoms with Crippen LogP contribution in [0.5, 0.6) is 0 Å². The number of aromatic nitrogens is 1. The molecule has 31 heavy (non-hydrogen) atoms. The summed E-state index contributed by atoms with van der Waals surface area (Å²) in [5.74, 6) is -0.694. The van der Waals surface area contributed by atoms with Gasteiger partial charge < -0.3 is 9.30 Å². The van der Waals surface area contributed by atoms with Gasteiger partial charge in [-0.2, -0.15) is 0 Å². The Labute approximate surface area is 182 Å². The molecule has 1 aliphatic rings. The predicted octanol–water partition coefficient (Wildman–Crippen LogP) is 5.71. The molecular formula is C26H29NO4. The van der Waals surface area contributed by atoms with Crippen molar-refractivity contribution in [2.75, 3.05) is 7.11 Å². The third-order valence-electron chi connectivity index (χ3n) is 6.64. The largest absolute Gasteiger partial charge is 0.463 e. The van der Waals surface area contributed by atoms with Crippen molar-refractivity contribution in [1.82, 2.24) is 4.57 Å². The average Bonchev–Trinajstić information content (AvgIpc) is 3.14. The maximum absolute atomic E-state index is 12.9. The van der Waals surface area contributed by atoms with E-state index in [9.17, 15) is 14.4 Å². The zero-order chi connectivity index (χ0) is 22.0. The Morgan fingerprint density at radius 2 is 1.55 bits per heavy atom. The minimum absolute atomic E-state index is 0.173. The number of carbonyl (C=O) groups is 3. The summed E-state index contributed by atoms with van der Waals surface area (Å²) in [7, 11) is 1.20. The first-order chi connectivity index (χ1) is 15.0. The molecule has 162 valence electrons. The average molecular weight is 420 g/mol. The van der Waals surface area contributed by atoms with E-state index in [1.165, 1.54) is 39.2 Å². The normalized spacial score (nSPS) is 14.8. The third kappa shape index (κ3) is 4.14. The third-order valence-corrected chi connectivity index (χ3v) is 6.64. The van der Waals surface area contributed by atoms with Crippen molar-refractivity contribution in [2.24, 2.45) is 5.92 Å². The molecule has 0 N–H and O–H groups in total. The van der Waals surface area contributed by atoms with Crippen molar-refractivity contribution in [3.05, 3.63) is 47.5 Å². The number of carbonyl (C=O) groups excluding carboxylic acids is 3. The first-order valence-corrected chi connectivity index (χ1v) is 11.2. The summed E-state index contributed by atoms with van der Waals surface area (Å²) in [5.41, 5.74) is 3.00. The molecule has 0 unspecified atom stereocenters. The van der Waals surface area contributed by atoms with Gasteiger partial charge in [0.1, 0.15) is 0 Å². The Morgan fingerprint density at radius 3 is 2.16 bits per heavy atom. The van der Waals surface area contributed by atoms with Gasteiger partial charge in [0.25, 0.3) is 5.78 Å². The van der Waals surface area contributed by atoms with Crippen molar-refractivity contribution in [3.8, 4) is 0 Å². The fourth-order valence-corrected chi connectivity index (χ4v) is 4.93. The highest BCUT2D eigenvalue weighted by atomic mass is 16.5. The van der Waals surface area contributed by atoms with Crippen LogP contribution in [0.15, 0.2) is 36.4 Å². The number of nitrogens with zero attached hydrogens (tertiary/aromatic N) is 1. The molecule has 0 amide bonds. The number of fused-ring (bicyclic) bond motifs is 3. The molecule has 5 heteroatoms. The first-order valence-electron chi connectivity index (χ1n) is 11.2. The number of esters is 1. The van der Waals surface area contributed by atoms with Gasteiger partial charge in [0, 0.05) is 45.9 Å². The van der Waals surface area contributed by atoms with Gasteiger partial charge in [-0.1, -0.05) is 32.1 Å². The maximum atomic E-state index is 12.9. The van der Waals surface area contributed by atoms with Crippen molar-refractivity contribution in [1.29, 1.82) is 0 Å². The highest BCUT2D eigenvalue weighted by molar-refractivity contribution is 6.41. The van der Waals surface area contributed by atoms with Crippen LogP contribution in [0.2, 0.25) is 0 Å². The summed E-state index contributed by atoms with van der Waals surface area (Å²) in [4.78, 5) is 36.9. The highest BCUT2D eigenvalue weighted by Gasteiger charge is 2.20. The summed E-state index contributed by atoms with van der Waals surface area (Å²) in [6.07, 6.45) is 7.92. The van der Waals surface area contributed by atoms with Crippen LogP contribution in [0.1, 0.15) is 72.6 Å². The number of hydrogen-bond donors (Lipinski definition) is 0. The molecule has 0 bridgehead atoms. The number of Topliss-reactive ketones (excluding diaryl/α,β-unsaturated/α-hetero) is 2. The van der Waals surface area contributed by atoms with E-state index in [0.717, 1.165) is 34.8 Å². The van der Waals surface area contributed by atoms with Gasteiger partial charge in [-0.3, -0.25) is 9.59 Å². The van der Waals surface area contributed by atoms with Gasteiger partial charge in [0.05, 0.1) is 7.11 Å². The maximum Gasteiger partial charge on any atom is 0.379 e. The molecule has 1 saturated carbocycles. The molecule has 0 spiro atoms. The number of methoxy groups -OCH3 is 1. The van der Waals surface area contributed by atoms with Crippen molar-refractivity contribution in [2.45, 2.75) is 58.4 Å². The Balaban J connectivity index is 1.69. The summed E-state index contributed by atoms with van der Waals surface area (Å²) in [6, 6.07) is 11.1. The van der Waals surface area contributed by atoms with Crippen LogP contribution in [-0.2, 0) is 16.1 Å². The van der Waals surface area contributed by atoms with Crippen LogP contribution in [0, 0.1) is 5.92 Å². The Bertz CT molecular complexity index is 1150. The van der Waals surface area contributed by atoms with E-state index in [0.29, 0.717) is 23.5 Å². The molecule has 0 radical (unpaired) electrons. The van der Waals surface area contributed by atoms with E-state index in [-0.39, 0.29) is 5.78 Å². The first kappa shape index (κ1) is 21.3. The van der Waals surface area contributed by atoms with Crippen LogP contribution in [0.4, 0.5) is 0 Å². The Kier molecular flexibility index (Phi) is 6.21. The fourth-order valence-electron chi connectivity index (χ4n) is 4.93. The molecule has 0 aliphatic heterocycles. The van der Waals surface area contributed by atoms with Gasteiger partial charge >= 0.3 is 5.97 Å². The van der Waals surface area contributed by atoms with Gasteiger partial charge in [-0.25, -0.2) is 4.79 Å². The van der Waals surface area contributed by atoms with Crippen LogP contribution >= 0.6 is 0 Å². The van der Waals surface area contributed by atoms with E-state index in [1.807, 2.05) is 24.3 Å². The number of ketones is 2. The summed E-state index contributed by atoms with van der Waals surface area (Å²) < 4.78 is 6.74. The van der Waals surface area contributed by atoms with Crippen molar-refractivity contribution in [3.63, 3.8) is 0 Å². The molecule has 0 atom stereocenters. The molecule has 1 fully saturated rings. The summed E-state index contributed by atoms with van der Waals surface area (Å²) in [6.45, 7) is 2.83. The molecule has 3 aromatic rings. The van der Waals surface area contributed by atoms with Crippen LogP contribution in [-0.4, -0.2) is 29.2 Å². The Morgan fingerprint density at radius 1 is 0.935 bits per heavy atom. The Hall–Kier alpha value is -2.95. The number of benzene rings is 2. The molecule has 4 rings (SSSR count). The number of ether oxygens (including phenoxy) is 1. The van der Waals surface area contributed by atoms with Crippen LogP contribution in [0.25, 0.3) is 21.8 Å². The zero-order valence-electron chi connectivity index (χ0n) is 18.3. The monoisotopic (exact) mass is 419 g/mol. The molecule has 1 aromatic heterocycles. The molecule has 1 heterocycles.